The summed E-state index contributed by atoms with van der Waals surface area (Å²) in [5.41, 5.74) is 3.89. The van der Waals surface area contributed by atoms with Gasteiger partial charge in [0.2, 0.25) is 0 Å². The maximum absolute atomic E-state index is 12.6. The van der Waals surface area contributed by atoms with Gasteiger partial charge in [-0.25, -0.2) is 9.59 Å². The molecule has 3 rings (SSSR count). The lowest BCUT2D eigenvalue weighted by Gasteiger charge is -2.26. The average molecular weight is 427 g/mol. The highest BCUT2D eigenvalue weighted by Crippen LogP contribution is 2.26. The molecular formula is C24H34N4O3. The summed E-state index contributed by atoms with van der Waals surface area (Å²) >= 11 is 0. The second-order valence-corrected chi connectivity index (χ2v) is 9.42. The standard InChI is InChI=1S/C24H34N4O3/c1-17(12-14-27(5)23(30)31-24(2,3)4)18-8-10-20(11-9-18)26-22(29)28-15-19-7-6-13-25-21(19)16-28/h6-8,10,13,17H,9,11-12,14-16H2,1-5H3,(H,26,29). The molecule has 1 unspecified atom stereocenters. The van der Waals surface area contributed by atoms with Crippen molar-refractivity contribution in [1.29, 1.82) is 0 Å². The second kappa shape index (κ2) is 9.54. The zero-order valence-corrected chi connectivity index (χ0v) is 19.3. The van der Waals surface area contributed by atoms with Gasteiger partial charge in [-0.15, -0.1) is 0 Å². The summed E-state index contributed by atoms with van der Waals surface area (Å²) in [4.78, 5) is 32.5. The Kier molecular flexibility index (Phi) is 7.03. The summed E-state index contributed by atoms with van der Waals surface area (Å²) < 4.78 is 5.41. The van der Waals surface area contributed by atoms with Crippen molar-refractivity contribution in [2.45, 2.75) is 65.6 Å². The van der Waals surface area contributed by atoms with Crippen LogP contribution in [0.15, 0.2) is 41.8 Å². The Balaban J connectivity index is 1.46. The van der Waals surface area contributed by atoms with Crippen molar-refractivity contribution in [2.24, 2.45) is 5.92 Å². The molecule has 1 aromatic rings. The molecular weight excluding hydrogens is 392 g/mol. The fourth-order valence-corrected chi connectivity index (χ4v) is 3.73. The van der Waals surface area contributed by atoms with Gasteiger partial charge in [0, 0.05) is 32.0 Å². The molecule has 1 aliphatic heterocycles. The molecule has 0 saturated heterocycles. The quantitative estimate of drug-likeness (QED) is 0.746. The summed E-state index contributed by atoms with van der Waals surface area (Å²) in [5, 5.41) is 3.05. The van der Waals surface area contributed by atoms with Gasteiger partial charge in [0.25, 0.3) is 0 Å². The summed E-state index contributed by atoms with van der Waals surface area (Å²) in [6.07, 6.45) is 8.18. The number of aromatic nitrogens is 1. The number of pyridine rings is 1. The van der Waals surface area contributed by atoms with Crippen molar-refractivity contribution in [2.75, 3.05) is 13.6 Å². The third-order valence-corrected chi connectivity index (χ3v) is 5.66. The Labute approximate surface area is 185 Å². The highest BCUT2D eigenvalue weighted by atomic mass is 16.6. The van der Waals surface area contributed by atoms with Gasteiger partial charge in [-0.3, -0.25) is 4.98 Å². The van der Waals surface area contributed by atoms with Crippen molar-refractivity contribution in [3.8, 4) is 0 Å². The van der Waals surface area contributed by atoms with E-state index in [4.69, 9.17) is 4.74 Å². The van der Waals surface area contributed by atoms with Gasteiger partial charge in [0.05, 0.1) is 12.2 Å². The number of ether oxygens (including phenoxy) is 1. The number of allylic oxidation sites excluding steroid dienone is 4. The maximum Gasteiger partial charge on any atom is 0.410 e. The number of urea groups is 1. The molecule has 7 nitrogen and oxygen atoms in total. The van der Waals surface area contributed by atoms with E-state index >= 15 is 0 Å². The van der Waals surface area contributed by atoms with Gasteiger partial charge in [-0.1, -0.05) is 24.6 Å². The Morgan fingerprint density at radius 1 is 1.26 bits per heavy atom. The van der Waals surface area contributed by atoms with Crippen LogP contribution in [-0.2, 0) is 17.8 Å². The molecule has 0 radical (unpaired) electrons. The van der Waals surface area contributed by atoms with Crippen LogP contribution in [0.5, 0.6) is 0 Å². The molecule has 0 aromatic carbocycles. The minimum absolute atomic E-state index is 0.0758. The van der Waals surface area contributed by atoms with E-state index in [9.17, 15) is 9.59 Å². The molecule has 0 spiro atoms. The monoisotopic (exact) mass is 426 g/mol. The van der Waals surface area contributed by atoms with E-state index in [0.717, 1.165) is 36.2 Å². The predicted octanol–water partition coefficient (Wildman–Crippen LogP) is 4.60. The van der Waals surface area contributed by atoms with Crippen LogP contribution in [0.4, 0.5) is 9.59 Å². The molecule has 0 bridgehead atoms. The molecule has 7 heteroatoms. The number of fused-ring (bicyclic) bond motifs is 1. The van der Waals surface area contributed by atoms with E-state index in [0.29, 0.717) is 25.6 Å². The Morgan fingerprint density at radius 3 is 2.68 bits per heavy atom. The number of amides is 3. The zero-order valence-electron chi connectivity index (χ0n) is 19.3. The van der Waals surface area contributed by atoms with E-state index in [1.54, 1.807) is 23.0 Å². The molecule has 1 N–H and O–H groups in total. The van der Waals surface area contributed by atoms with Crippen LogP contribution in [0, 0.1) is 5.92 Å². The average Bonchev–Trinajstić information content (AvgIpc) is 3.15. The van der Waals surface area contributed by atoms with Crippen molar-refractivity contribution >= 4 is 12.1 Å². The smallest absolute Gasteiger partial charge is 0.410 e. The first-order valence-electron chi connectivity index (χ1n) is 10.9. The highest BCUT2D eigenvalue weighted by molar-refractivity contribution is 5.77. The van der Waals surface area contributed by atoms with Gasteiger partial charge < -0.3 is 19.9 Å². The summed E-state index contributed by atoms with van der Waals surface area (Å²) in [7, 11) is 1.77. The van der Waals surface area contributed by atoms with Crippen LogP contribution >= 0.6 is 0 Å². The first-order valence-corrected chi connectivity index (χ1v) is 10.9. The number of nitrogens with one attached hydrogen (secondary N) is 1. The molecule has 168 valence electrons. The fourth-order valence-electron chi connectivity index (χ4n) is 3.73. The lowest BCUT2D eigenvalue weighted by atomic mass is 9.90. The molecule has 31 heavy (non-hydrogen) atoms. The van der Waals surface area contributed by atoms with E-state index in [1.807, 2.05) is 39.0 Å². The summed E-state index contributed by atoms with van der Waals surface area (Å²) in [6.45, 7) is 9.60. The predicted molar refractivity (Wildman–Crippen MR) is 120 cm³/mol. The van der Waals surface area contributed by atoms with Crippen LogP contribution in [-0.4, -0.2) is 46.1 Å². The highest BCUT2D eigenvalue weighted by Gasteiger charge is 2.25. The van der Waals surface area contributed by atoms with Crippen LogP contribution in [0.25, 0.3) is 0 Å². The van der Waals surface area contributed by atoms with Gasteiger partial charge in [-0.05, 0) is 63.7 Å². The Bertz CT molecular complexity index is 860. The van der Waals surface area contributed by atoms with Gasteiger partial charge in [0.1, 0.15) is 5.60 Å². The minimum Gasteiger partial charge on any atom is -0.444 e. The molecule has 2 heterocycles. The topological polar surface area (TPSA) is 74.8 Å². The molecule has 0 saturated carbocycles. The third kappa shape index (κ3) is 6.32. The molecule has 1 aromatic heterocycles. The number of rotatable bonds is 5. The molecule has 1 aliphatic carbocycles. The van der Waals surface area contributed by atoms with Crippen LogP contribution < -0.4 is 5.32 Å². The Hall–Kier alpha value is -2.83. The van der Waals surface area contributed by atoms with Crippen LogP contribution in [0.2, 0.25) is 0 Å². The lowest BCUT2D eigenvalue weighted by Crippen LogP contribution is -2.36. The number of hydrogen-bond donors (Lipinski definition) is 1. The number of nitrogens with zero attached hydrogens (tertiary/aromatic N) is 3. The van der Waals surface area contributed by atoms with Crippen LogP contribution in [0.1, 0.15) is 58.2 Å². The lowest BCUT2D eigenvalue weighted by molar-refractivity contribution is 0.0293. The summed E-state index contributed by atoms with van der Waals surface area (Å²) in [5.74, 6) is 0.359. The summed E-state index contributed by atoms with van der Waals surface area (Å²) in [6, 6.07) is 3.85. The molecule has 3 amide bonds. The van der Waals surface area contributed by atoms with Gasteiger partial charge in [0.15, 0.2) is 0 Å². The number of carbonyl (C=O) groups is 2. The van der Waals surface area contributed by atoms with Crippen LogP contribution in [0.3, 0.4) is 0 Å². The first kappa shape index (κ1) is 22.8. The largest absolute Gasteiger partial charge is 0.444 e. The van der Waals surface area contributed by atoms with Gasteiger partial charge >= 0.3 is 12.1 Å². The minimum atomic E-state index is -0.483. The Morgan fingerprint density at radius 2 is 2.03 bits per heavy atom. The van der Waals surface area contributed by atoms with Gasteiger partial charge in [-0.2, -0.15) is 0 Å². The van der Waals surface area contributed by atoms with E-state index in [-0.39, 0.29) is 12.1 Å². The molecule has 2 aliphatic rings. The fraction of sp³-hybridized carbons (Fsp3) is 0.542. The normalized spacial score (nSPS) is 16.7. The maximum atomic E-state index is 12.6. The number of hydrogen-bond acceptors (Lipinski definition) is 4. The zero-order chi connectivity index (χ0) is 22.6. The second-order valence-electron chi connectivity index (χ2n) is 9.42. The van der Waals surface area contributed by atoms with Crippen molar-refractivity contribution in [3.05, 3.63) is 53.0 Å². The molecule has 0 fully saturated rings. The first-order chi connectivity index (χ1) is 14.6. The van der Waals surface area contributed by atoms with Crippen molar-refractivity contribution in [1.82, 2.24) is 20.1 Å². The van der Waals surface area contributed by atoms with Crippen molar-refractivity contribution < 1.29 is 14.3 Å². The van der Waals surface area contributed by atoms with E-state index in [2.05, 4.69) is 23.3 Å². The van der Waals surface area contributed by atoms with E-state index in [1.165, 1.54) is 5.57 Å². The third-order valence-electron chi connectivity index (χ3n) is 5.66. The van der Waals surface area contributed by atoms with E-state index < -0.39 is 5.60 Å². The molecule has 1 atom stereocenters. The SMILES string of the molecule is CC(CCN(C)C(=O)OC(C)(C)C)C1=CC=C(NC(=O)N2Cc3cccnc3C2)CC1. The van der Waals surface area contributed by atoms with Crippen molar-refractivity contribution in [3.63, 3.8) is 0 Å². The number of carbonyl (C=O) groups excluding carboxylic acids is 2.